The topological polar surface area (TPSA) is 83.0 Å². The number of rotatable bonds is 4. The van der Waals surface area contributed by atoms with Gasteiger partial charge in [-0.25, -0.2) is 9.37 Å². The van der Waals surface area contributed by atoms with E-state index in [-0.39, 0.29) is 34.2 Å². The summed E-state index contributed by atoms with van der Waals surface area (Å²) in [6.45, 7) is 1.15. The molecule has 0 bridgehead atoms. The van der Waals surface area contributed by atoms with E-state index in [9.17, 15) is 9.18 Å². The molecular formula is C25H22Cl2FN7O. The fourth-order valence-corrected chi connectivity index (χ4v) is 4.99. The summed E-state index contributed by atoms with van der Waals surface area (Å²) in [5, 5.41) is 14.7. The van der Waals surface area contributed by atoms with Crippen LogP contribution in [-0.4, -0.2) is 68.3 Å². The van der Waals surface area contributed by atoms with Crippen molar-refractivity contribution in [3.63, 3.8) is 0 Å². The molecule has 36 heavy (non-hydrogen) atoms. The minimum Gasteiger partial charge on any atom is -0.336 e. The number of nitrogens with zero attached hydrogens (tertiary/aromatic N) is 7. The molecule has 0 aliphatic carbocycles. The third kappa shape index (κ3) is 4.01. The quantitative estimate of drug-likeness (QED) is 0.391. The number of halogens is 3. The number of nitriles is 1. The van der Waals surface area contributed by atoms with Crippen molar-refractivity contribution >= 4 is 40.0 Å². The first-order chi connectivity index (χ1) is 17.2. The molecule has 0 spiro atoms. The van der Waals surface area contributed by atoms with Crippen LogP contribution in [-0.2, 0) is 7.05 Å². The van der Waals surface area contributed by atoms with Gasteiger partial charge in [0.15, 0.2) is 5.69 Å². The molecule has 3 heterocycles. The summed E-state index contributed by atoms with van der Waals surface area (Å²) >= 11 is 13.3. The summed E-state index contributed by atoms with van der Waals surface area (Å²) in [6, 6.07) is 11.6. The van der Waals surface area contributed by atoms with Gasteiger partial charge in [-0.3, -0.25) is 14.0 Å². The highest BCUT2D eigenvalue weighted by atomic mass is 35.5. The molecular weight excluding hydrogens is 504 g/mol. The lowest BCUT2D eigenvalue weighted by Gasteiger charge is -2.20. The van der Waals surface area contributed by atoms with Crippen LogP contribution >= 0.6 is 23.2 Å². The van der Waals surface area contributed by atoms with Crippen molar-refractivity contribution in [1.82, 2.24) is 29.1 Å². The van der Waals surface area contributed by atoms with Gasteiger partial charge in [0, 0.05) is 42.8 Å². The molecule has 184 valence electrons. The summed E-state index contributed by atoms with van der Waals surface area (Å²) in [6.07, 6.45) is 0.848. The van der Waals surface area contributed by atoms with Gasteiger partial charge >= 0.3 is 0 Å². The molecule has 0 radical (unpaired) electrons. The van der Waals surface area contributed by atoms with Crippen molar-refractivity contribution in [2.75, 3.05) is 27.2 Å². The van der Waals surface area contributed by atoms with E-state index in [1.165, 1.54) is 12.1 Å². The second kappa shape index (κ2) is 9.21. The van der Waals surface area contributed by atoms with Crippen LogP contribution < -0.4 is 0 Å². The number of carbonyl (C=O) groups excluding carboxylic acids is 1. The maximum atomic E-state index is 14.6. The molecule has 2 aromatic heterocycles. The van der Waals surface area contributed by atoms with Crippen LogP contribution in [0.15, 0.2) is 36.4 Å². The second-order valence-corrected chi connectivity index (χ2v) is 9.71. The van der Waals surface area contributed by atoms with Gasteiger partial charge in [-0.15, -0.1) is 0 Å². The molecule has 1 saturated heterocycles. The number of aromatic nitrogens is 4. The lowest BCUT2D eigenvalue weighted by atomic mass is 10.1. The molecule has 1 amide bonds. The number of benzene rings is 2. The molecule has 4 aromatic rings. The first-order valence-corrected chi connectivity index (χ1v) is 12.0. The molecule has 1 aliphatic rings. The van der Waals surface area contributed by atoms with Crippen LogP contribution in [0.2, 0.25) is 10.3 Å². The first-order valence-electron chi connectivity index (χ1n) is 11.3. The lowest BCUT2D eigenvalue weighted by molar-refractivity contribution is 0.0778. The number of amides is 1. The number of hydrogen-bond acceptors (Lipinski definition) is 5. The maximum absolute atomic E-state index is 14.6. The van der Waals surface area contributed by atoms with E-state index in [2.05, 4.69) is 15.0 Å². The molecule has 1 fully saturated rings. The standard InChI is InChI=1S/C25H22Cl2FN7O/c1-32(2)17-8-9-34(13-17)25(36)21-23(27)35(16-6-7-20-18(11-16)22(26)33(3)31-20)24(30-21)14-4-5-15(12-29)19(28)10-14/h4-7,10-11,17H,8-9,13H2,1-3H3/t17-/m0/s1. The Morgan fingerprint density at radius 1 is 1.19 bits per heavy atom. The average Bonchev–Trinajstić information content (AvgIpc) is 3.55. The van der Waals surface area contributed by atoms with E-state index in [1.54, 1.807) is 45.5 Å². The summed E-state index contributed by atoms with van der Waals surface area (Å²) in [5.41, 5.74) is 1.64. The van der Waals surface area contributed by atoms with Gasteiger partial charge < -0.3 is 9.80 Å². The molecule has 8 nitrogen and oxygen atoms in total. The largest absolute Gasteiger partial charge is 0.336 e. The minimum atomic E-state index is -0.687. The highest BCUT2D eigenvalue weighted by Crippen LogP contribution is 2.34. The Balaban J connectivity index is 1.67. The van der Waals surface area contributed by atoms with Crippen molar-refractivity contribution in [1.29, 1.82) is 5.26 Å². The molecule has 1 aliphatic heterocycles. The van der Waals surface area contributed by atoms with E-state index in [0.717, 1.165) is 6.42 Å². The van der Waals surface area contributed by atoms with Gasteiger partial charge in [-0.2, -0.15) is 10.4 Å². The van der Waals surface area contributed by atoms with Gasteiger partial charge in [-0.05, 0) is 56.9 Å². The maximum Gasteiger partial charge on any atom is 0.275 e. The van der Waals surface area contributed by atoms with Crippen molar-refractivity contribution in [3.05, 3.63) is 63.8 Å². The SMILES string of the molecule is CN(C)[C@H]1CCN(C(=O)c2nc(-c3ccc(C#N)c(F)c3)n(-c3ccc4nn(C)c(Cl)c4c3)c2Cl)C1. The number of likely N-dealkylation sites (tertiary alicyclic amines) is 1. The number of hydrogen-bond donors (Lipinski definition) is 0. The van der Waals surface area contributed by atoms with Gasteiger partial charge in [-0.1, -0.05) is 23.2 Å². The van der Waals surface area contributed by atoms with E-state index in [0.29, 0.717) is 40.4 Å². The van der Waals surface area contributed by atoms with E-state index < -0.39 is 5.82 Å². The highest BCUT2D eigenvalue weighted by molar-refractivity contribution is 6.34. The van der Waals surface area contributed by atoms with Gasteiger partial charge in [0.1, 0.15) is 28.0 Å². The zero-order valence-electron chi connectivity index (χ0n) is 19.8. The Labute approximate surface area is 217 Å². The lowest BCUT2D eigenvalue weighted by Crippen LogP contribution is -2.34. The van der Waals surface area contributed by atoms with Crippen molar-refractivity contribution in [2.45, 2.75) is 12.5 Å². The van der Waals surface area contributed by atoms with Crippen LogP contribution in [0.4, 0.5) is 4.39 Å². The highest BCUT2D eigenvalue weighted by Gasteiger charge is 2.32. The number of carbonyl (C=O) groups is 1. The van der Waals surface area contributed by atoms with Crippen molar-refractivity contribution < 1.29 is 9.18 Å². The van der Waals surface area contributed by atoms with Crippen molar-refractivity contribution in [3.8, 4) is 23.1 Å². The molecule has 11 heteroatoms. The molecule has 0 N–H and O–H groups in total. The van der Waals surface area contributed by atoms with E-state index >= 15 is 0 Å². The van der Waals surface area contributed by atoms with Crippen LogP contribution in [0.5, 0.6) is 0 Å². The average molecular weight is 526 g/mol. The predicted molar refractivity (Wildman–Crippen MR) is 136 cm³/mol. The molecule has 0 saturated carbocycles. The van der Waals surface area contributed by atoms with Gasteiger partial charge in [0.05, 0.1) is 11.1 Å². The summed E-state index contributed by atoms with van der Waals surface area (Å²) in [4.78, 5) is 21.9. The monoisotopic (exact) mass is 525 g/mol. The molecule has 2 aromatic carbocycles. The smallest absolute Gasteiger partial charge is 0.275 e. The molecule has 5 rings (SSSR count). The van der Waals surface area contributed by atoms with Gasteiger partial charge in [0.2, 0.25) is 0 Å². The number of fused-ring (bicyclic) bond motifs is 1. The van der Waals surface area contributed by atoms with Gasteiger partial charge in [0.25, 0.3) is 5.91 Å². The second-order valence-electron chi connectivity index (χ2n) is 8.99. The zero-order chi connectivity index (χ0) is 25.7. The summed E-state index contributed by atoms with van der Waals surface area (Å²) < 4.78 is 17.7. The number of imidazole rings is 1. The first kappa shape index (κ1) is 24.3. The minimum absolute atomic E-state index is 0.0771. The van der Waals surface area contributed by atoms with Crippen LogP contribution in [0.25, 0.3) is 28.0 Å². The fraction of sp³-hybridized carbons (Fsp3) is 0.280. The van der Waals surface area contributed by atoms with Crippen molar-refractivity contribution in [2.24, 2.45) is 7.05 Å². The Morgan fingerprint density at radius 2 is 1.97 bits per heavy atom. The summed E-state index contributed by atoms with van der Waals surface area (Å²) in [5.74, 6) is -0.707. The molecule has 1 atom stereocenters. The Morgan fingerprint density at radius 3 is 2.64 bits per heavy atom. The van der Waals surface area contributed by atoms with E-state index in [1.807, 2.05) is 20.2 Å². The van der Waals surface area contributed by atoms with Crippen LogP contribution in [0.1, 0.15) is 22.5 Å². The predicted octanol–water partition coefficient (Wildman–Crippen LogP) is 4.52. The normalized spacial score (nSPS) is 15.7. The number of likely N-dealkylation sites (N-methyl/N-ethyl adjacent to an activating group) is 1. The Kier molecular flexibility index (Phi) is 6.20. The van der Waals surface area contributed by atoms with E-state index in [4.69, 9.17) is 28.5 Å². The Hall–Kier alpha value is -3.45. The fourth-order valence-electron chi connectivity index (χ4n) is 4.50. The summed E-state index contributed by atoms with van der Waals surface area (Å²) in [7, 11) is 5.71. The van der Waals surface area contributed by atoms with Crippen LogP contribution in [0.3, 0.4) is 0 Å². The number of aryl methyl sites for hydroxylation is 1. The third-order valence-corrected chi connectivity index (χ3v) is 7.35. The third-order valence-electron chi connectivity index (χ3n) is 6.55. The molecule has 0 unspecified atom stereocenters. The van der Waals surface area contributed by atoms with Crippen LogP contribution in [0, 0.1) is 17.1 Å². The Bertz CT molecular complexity index is 1550. The zero-order valence-corrected chi connectivity index (χ0v) is 21.3.